The summed E-state index contributed by atoms with van der Waals surface area (Å²) in [4.78, 5) is 11.5. The molecule has 2 heterocycles. The lowest BCUT2D eigenvalue weighted by Gasteiger charge is -2.04. The van der Waals surface area contributed by atoms with E-state index in [1.807, 2.05) is 6.92 Å². The van der Waals surface area contributed by atoms with Crippen LogP contribution in [0.4, 0.5) is 0 Å². The Labute approximate surface area is 119 Å². The van der Waals surface area contributed by atoms with Crippen LogP contribution < -0.4 is 4.72 Å². The van der Waals surface area contributed by atoms with Crippen LogP contribution >= 0.6 is 11.3 Å². The minimum absolute atomic E-state index is 0.0989. The SMILES string of the molecule is Cc1ccc(S(=O)(=O)NCCn2cc(C(=O)O)nn2)s1. The molecule has 0 fully saturated rings. The lowest BCUT2D eigenvalue weighted by molar-refractivity contribution is 0.0690. The second kappa shape index (κ2) is 5.69. The molecule has 0 spiro atoms. The van der Waals surface area contributed by atoms with Gasteiger partial charge in [-0.1, -0.05) is 5.21 Å². The van der Waals surface area contributed by atoms with E-state index >= 15 is 0 Å². The molecule has 8 nitrogen and oxygen atoms in total. The standard InChI is InChI=1S/C10H12N4O4S2/c1-7-2-3-9(19-7)20(17,18)11-4-5-14-6-8(10(15)16)12-13-14/h2-3,6,11H,4-5H2,1H3,(H,15,16). The Morgan fingerprint density at radius 1 is 1.50 bits per heavy atom. The Morgan fingerprint density at radius 3 is 2.80 bits per heavy atom. The highest BCUT2D eigenvalue weighted by atomic mass is 32.2. The molecule has 0 saturated heterocycles. The molecule has 0 aromatic carbocycles. The van der Waals surface area contributed by atoms with Crippen molar-refractivity contribution in [1.29, 1.82) is 0 Å². The van der Waals surface area contributed by atoms with Gasteiger partial charge in [0, 0.05) is 11.4 Å². The number of hydrogen-bond donors (Lipinski definition) is 2. The molecule has 0 aliphatic carbocycles. The largest absolute Gasteiger partial charge is 0.476 e. The van der Waals surface area contributed by atoms with E-state index in [0.29, 0.717) is 0 Å². The zero-order valence-electron chi connectivity index (χ0n) is 10.5. The van der Waals surface area contributed by atoms with Crippen molar-refractivity contribution in [3.63, 3.8) is 0 Å². The molecule has 108 valence electrons. The smallest absolute Gasteiger partial charge is 0.358 e. The summed E-state index contributed by atoms with van der Waals surface area (Å²) >= 11 is 1.19. The fraction of sp³-hybridized carbons (Fsp3) is 0.300. The maximum atomic E-state index is 11.9. The molecule has 0 radical (unpaired) electrons. The van der Waals surface area contributed by atoms with Gasteiger partial charge >= 0.3 is 5.97 Å². The normalized spacial score (nSPS) is 11.7. The van der Waals surface area contributed by atoms with Gasteiger partial charge < -0.3 is 5.11 Å². The summed E-state index contributed by atoms with van der Waals surface area (Å²) in [6.07, 6.45) is 1.24. The van der Waals surface area contributed by atoms with Crippen molar-refractivity contribution in [3.05, 3.63) is 28.9 Å². The van der Waals surface area contributed by atoms with Gasteiger partial charge in [0.05, 0.1) is 12.7 Å². The number of thiophene rings is 1. The van der Waals surface area contributed by atoms with Crippen molar-refractivity contribution in [1.82, 2.24) is 19.7 Å². The number of hydrogen-bond acceptors (Lipinski definition) is 6. The Kier molecular flexibility index (Phi) is 4.16. The molecule has 20 heavy (non-hydrogen) atoms. The third-order valence-corrected chi connectivity index (χ3v) is 5.32. The molecular formula is C10H12N4O4S2. The number of aromatic carboxylic acids is 1. The van der Waals surface area contributed by atoms with Crippen molar-refractivity contribution in [2.75, 3.05) is 6.54 Å². The molecule has 0 atom stereocenters. The maximum Gasteiger partial charge on any atom is 0.358 e. The Bertz CT molecular complexity index is 719. The Balaban J connectivity index is 1.93. The van der Waals surface area contributed by atoms with Crippen molar-refractivity contribution >= 4 is 27.3 Å². The minimum atomic E-state index is -3.53. The van der Waals surface area contributed by atoms with Crippen LogP contribution in [-0.2, 0) is 16.6 Å². The predicted octanol–water partition coefficient (Wildman–Crippen LogP) is 0.325. The van der Waals surface area contributed by atoms with E-state index in [-0.39, 0.29) is 23.0 Å². The third-order valence-electron chi connectivity index (χ3n) is 2.37. The zero-order valence-corrected chi connectivity index (χ0v) is 12.1. The lowest BCUT2D eigenvalue weighted by atomic mass is 10.5. The van der Waals surface area contributed by atoms with E-state index < -0.39 is 16.0 Å². The van der Waals surface area contributed by atoms with Crippen LogP contribution in [0, 0.1) is 6.92 Å². The second-order valence-electron chi connectivity index (χ2n) is 3.93. The molecule has 0 aliphatic rings. The first-order valence-electron chi connectivity index (χ1n) is 5.58. The van der Waals surface area contributed by atoms with Gasteiger partial charge in [-0.05, 0) is 19.1 Å². The summed E-state index contributed by atoms with van der Waals surface area (Å²) in [6, 6.07) is 3.27. The predicted molar refractivity (Wildman–Crippen MR) is 71.2 cm³/mol. The van der Waals surface area contributed by atoms with Gasteiger partial charge in [0.15, 0.2) is 5.69 Å². The highest BCUT2D eigenvalue weighted by Crippen LogP contribution is 2.19. The van der Waals surface area contributed by atoms with Crippen LogP contribution in [-0.4, -0.2) is 41.0 Å². The van der Waals surface area contributed by atoms with Crippen LogP contribution in [0.3, 0.4) is 0 Å². The van der Waals surface area contributed by atoms with E-state index in [2.05, 4.69) is 15.0 Å². The molecule has 2 N–H and O–H groups in total. The fourth-order valence-electron chi connectivity index (χ4n) is 1.43. The first-order valence-corrected chi connectivity index (χ1v) is 7.88. The number of rotatable bonds is 6. The fourth-order valence-corrected chi connectivity index (χ4v) is 3.78. The number of aromatic nitrogens is 3. The van der Waals surface area contributed by atoms with Crippen molar-refractivity contribution in [2.45, 2.75) is 17.7 Å². The number of nitrogens with zero attached hydrogens (tertiary/aromatic N) is 3. The third kappa shape index (κ3) is 3.40. The van der Waals surface area contributed by atoms with E-state index in [1.165, 1.54) is 22.2 Å². The van der Waals surface area contributed by atoms with E-state index in [1.54, 1.807) is 12.1 Å². The summed E-state index contributed by atoms with van der Waals surface area (Å²) < 4.78 is 27.8. The second-order valence-corrected chi connectivity index (χ2v) is 7.22. The maximum absolute atomic E-state index is 11.9. The van der Waals surface area contributed by atoms with E-state index in [0.717, 1.165) is 4.88 Å². The molecule has 2 rings (SSSR count). The topological polar surface area (TPSA) is 114 Å². The van der Waals surface area contributed by atoms with Crippen molar-refractivity contribution < 1.29 is 18.3 Å². The lowest BCUT2D eigenvalue weighted by Crippen LogP contribution is -2.27. The molecule has 10 heteroatoms. The van der Waals surface area contributed by atoms with Gasteiger partial charge in [0.1, 0.15) is 4.21 Å². The molecule has 0 saturated carbocycles. The highest BCUT2D eigenvalue weighted by molar-refractivity contribution is 7.91. The molecule has 0 aliphatic heterocycles. The highest BCUT2D eigenvalue weighted by Gasteiger charge is 2.15. The summed E-state index contributed by atoms with van der Waals surface area (Å²) in [6.45, 7) is 2.12. The minimum Gasteiger partial charge on any atom is -0.476 e. The number of carbonyl (C=O) groups is 1. The number of nitrogens with one attached hydrogen (secondary N) is 1. The first-order chi connectivity index (χ1) is 9.38. The monoisotopic (exact) mass is 316 g/mol. The number of aryl methyl sites for hydroxylation is 1. The molecule has 2 aromatic rings. The number of carboxylic acids is 1. The van der Waals surface area contributed by atoms with Gasteiger partial charge in [0.25, 0.3) is 0 Å². The van der Waals surface area contributed by atoms with Gasteiger partial charge in [-0.25, -0.2) is 17.9 Å². The van der Waals surface area contributed by atoms with Crippen LogP contribution in [0.5, 0.6) is 0 Å². The summed E-state index contributed by atoms with van der Waals surface area (Å²) in [7, 11) is -3.53. The van der Waals surface area contributed by atoms with E-state index in [9.17, 15) is 13.2 Å². The average Bonchev–Trinajstić information content (AvgIpc) is 2.98. The Hall–Kier alpha value is -1.78. The molecule has 0 bridgehead atoms. The molecule has 2 aromatic heterocycles. The van der Waals surface area contributed by atoms with Crippen molar-refractivity contribution in [2.24, 2.45) is 0 Å². The molecular weight excluding hydrogens is 304 g/mol. The van der Waals surface area contributed by atoms with Crippen LogP contribution in [0.15, 0.2) is 22.5 Å². The summed E-state index contributed by atoms with van der Waals surface area (Å²) in [5.41, 5.74) is -0.179. The first kappa shape index (κ1) is 14.6. The van der Waals surface area contributed by atoms with Crippen LogP contribution in [0.1, 0.15) is 15.4 Å². The van der Waals surface area contributed by atoms with Gasteiger partial charge in [-0.2, -0.15) is 0 Å². The van der Waals surface area contributed by atoms with Gasteiger partial charge in [-0.3, -0.25) is 4.68 Å². The van der Waals surface area contributed by atoms with Crippen LogP contribution in [0.25, 0.3) is 0 Å². The van der Waals surface area contributed by atoms with Gasteiger partial charge in [-0.15, -0.1) is 16.4 Å². The van der Waals surface area contributed by atoms with E-state index in [4.69, 9.17) is 5.11 Å². The number of sulfonamides is 1. The molecule has 0 amide bonds. The van der Waals surface area contributed by atoms with Crippen molar-refractivity contribution in [3.8, 4) is 0 Å². The van der Waals surface area contributed by atoms with Crippen LogP contribution in [0.2, 0.25) is 0 Å². The molecule has 0 unspecified atom stereocenters. The quantitative estimate of drug-likeness (QED) is 0.793. The number of carboxylic acid groups (broad SMARTS) is 1. The van der Waals surface area contributed by atoms with Gasteiger partial charge in [0.2, 0.25) is 10.0 Å². The average molecular weight is 316 g/mol. The zero-order chi connectivity index (χ0) is 14.8. The summed E-state index contributed by atoms with van der Waals surface area (Å²) in [5.74, 6) is -1.18. The Morgan fingerprint density at radius 2 is 2.25 bits per heavy atom. The summed E-state index contributed by atoms with van der Waals surface area (Å²) in [5, 5.41) is 15.7.